The van der Waals surface area contributed by atoms with Gasteiger partial charge in [0.25, 0.3) is 5.69 Å². The van der Waals surface area contributed by atoms with Gasteiger partial charge < -0.3 is 5.32 Å². The van der Waals surface area contributed by atoms with Crippen LogP contribution in [0.4, 0.5) is 28.4 Å². The fraction of sp³-hybridized carbons (Fsp3) is 0.0909. The van der Waals surface area contributed by atoms with Crippen molar-refractivity contribution in [1.82, 2.24) is 0 Å². The predicted octanol–water partition coefficient (Wildman–Crippen LogP) is 6.31. The fourth-order valence-corrected chi connectivity index (χ4v) is 7.28. The molecule has 6 rings (SSSR count). The molecule has 220 valence electrons. The number of carbonyl (C=O) groups excluding carboxylic acids is 2. The number of carbonyl (C=O) groups is 2. The molecule has 0 spiro atoms. The van der Waals surface area contributed by atoms with Crippen LogP contribution in [-0.2, 0) is 19.6 Å². The van der Waals surface area contributed by atoms with E-state index in [0.717, 1.165) is 15.1 Å². The highest BCUT2D eigenvalue weighted by Crippen LogP contribution is 2.42. The van der Waals surface area contributed by atoms with Crippen molar-refractivity contribution in [1.29, 1.82) is 0 Å². The Morgan fingerprint density at radius 2 is 1.50 bits per heavy atom. The number of hydrogen-bond acceptors (Lipinski definition) is 6. The second kappa shape index (κ2) is 11.3. The summed E-state index contributed by atoms with van der Waals surface area (Å²) in [5.41, 5.74) is 1.85. The minimum atomic E-state index is -4.26. The van der Waals surface area contributed by atoms with Gasteiger partial charge in [-0.3, -0.25) is 28.9 Å². The summed E-state index contributed by atoms with van der Waals surface area (Å²) in [6.07, 6.45) is -0.367. The maximum atomic E-state index is 14.2. The SMILES string of the molecule is CN(c1ccc(N2C(=O)CC(=O)Nc3c2ccc2ccccc32)cc1)S(=O)(=O)C(c1ccccc1)c1ccccc1[N+](=O)[O-]. The van der Waals surface area contributed by atoms with Crippen LogP contribution in [0.5, 0.6) is 0 Å². The van der Waals surface area contributed by atoms with Crippen molar-refractivity contribution in [2.24, 2.45) is 0 Å². The summed E-state index contributed by atoms with van der Waals surface area (Å²) in [5.74, 6) is -0.870. The second-order valence-corrected chi connectivity index (χ2v) is 12.3. The highest BCUT2D eigenvalue weighted by atomic mass is 32.2. The first-order chi connectivity index (χ1) is 21.2. The largest absolute Gasteiger partial charge is 0.323 e. The number of anilines is 4. The van der Waals surface area contributed by atoms with Crippen LogP contribution >= 0.6 is 0 Å². The van der Waals surface area contributed by atoms with Gasteiger partial charge in [-0.05, 0) is 41.3 Å². The molecule has 1 unspecified atom stereocenters. The van der Waals surface area contributed by atoms with E-state index in [4.69, 9.17) is 0 Å². The number of hydrogen-bond donors (Lipinski definition) is 1. The third kappa shape index (κ3) is 5.03. The second-order valence-electron chi connectivity index (χ2n) is 10.3. The van der Waals surface area contributed by atoms with Gasteiger partial charge in [-0.15, -0.1) is 0 Å². The summed E-state index contributed by atoms with van der Waals surface area (Å²) in [6, 6.07) is 31.6. The molecule has 1 aliphatic rings. The van der Waals surface area contributed by atoms with E-state index in [-0.39, 0.29) is 23.4 Å². The summed E-state index contributed by atoms with van der Waals surface area (Å²) in [4.78, 5) is 38.7. The molecule has 1 heterocycles. The minimum absolute atomic E-state index is 0.0448. The molecule has 44 heavy (non-hydrogen) atoms. The van der Waals surface area contributed by atoms with E-state index in [1.807, 2.05) is 30.3 Å². The molecule has 0 bridgehead atoms. The molecule has 2 amide bonds. The Hall–Kier alpha value is -5.55. The zero-order valence-corrected chi connectivity index (χ0v) is 24.3. The van der Waals surface area contributed by atoms with Crippen LogP contribution in [0.3, 0.4) is 0 Å². The van der Waals surface area contributed by atoms with Crippen LogP contribution < -0.4 is 14.5 Å². The standard InChI is InChI=1S/C33H26N4O6S/c1-35(44(42,43)33(23-10-3-2-4-11-23)27-13-7-8-14-28(27)37(40)41)24-16-18-25(19-17-24)36-29-20-15-22-9-5-6-12-26(22)32(29)34-30(38)21-31(36)39/h2-20,33H,21H2,1H3,(H,34,38). The fourth-order valence-electron chi connectivity index (χ4n) is 5.53. The molecule has 0 aromatic heterocycles. The van der Waals surface area contributed by atoms with E-state index >= 15 is 0 Å². The molecule has 0 aliphatic carbocycles. The van der Waals surface area contributed by atoms with Crippen molar-refractivity contribution in [3.05, 3.63) is 137 Å². The molecule has 5 aromatic carbocycles. The summed E-state index contributed by atoms with van der Waals surface area (Å²) in [5, 5.41) is 15.1. The van der Waals surface area contributed by atoms with Crippen LogP contribution in [0.2, 0.25) is 0 Å². The molecular weight excluding hydrogens is 580 g/mol. The lowest BCUT2D eigenvalue weighted by molar-refractivity contribution is -0.385. The van der Waals surface area contributed by atoms with E-state index in [9.17, 15) is 28.1 Å². The number of rotatable bonds is 7. The molecule has 1 atom stereocenters. The maximum absolute atomic E-state index is 14.2. The number of amides is 2. The Kier molecular flexibility index (Phi) is 7.32. The highest BCUT2D eigenvalue weighted by molar-refractivity contribution is 7.93. The Labute approximate surface area is 253 Å². The number of nitro groups is 1. The third-order valence-electron chi connectivity index (χ3n) is 7.64. The van der Waals surface area contributed by atoms with E-state index in [0.29, 0.717) is 22.6 Å². The molecule has 5 aromatic rings. The van der Waals surface area contributed by atoms with E-state index in [1.165, 1.54) is 30.1 Å². The number of para-hydroxylation sites is 1. The Morgan fingerprint density at radius 1 is 0.841 bits per heavy atom. The van der Waals surface area contributed by atoms with E-state index in [1.54, 1.807) is 66.7 Å². The zero-order chi connectivity index (χ0) is 31.0. The number of fused-ring (bicyclic) bond motifs is 3. The Bertz CT molecular complexity index is 2030. The number of nitrogens with zero attached hydrogens (tertiary/aromatic N) is 3. The summed E-state index contributed by atoms with van der Waals surface area (Å²) in [7, 11) is -2.87. The Morgan fingerprint density at radius 3 is 2.23 bits per heavy atom. The van der Waals surface area contributed by atoms with Gasteiger partial charge in [0.15, 0.2) is 0 Å². The van der Waals surface area contributed by atoms with E-state index < -0.39 is 32.0 Å². The summed E-state index contributed by atoms with van der Waals surface area (Å²) < 4.78 is 29.5. The van der Waals surface area contributed by atoms with Crippen molar-refractivity contribution in [3.63, 3.8) is 0 Å². The molecule has 0 fully saturated rings. The Balaban J connectivity index is 1.40. The van der Waals surface area contributed by atoms with Crippen molar-refractivity contribution in [2.75, 3.05) is 21.6 Å². The maximum Gasteiger partial charge on any atom is 0.274 e. The van der Waals surface area contributed by atoms with Crippen LogP contribution in [0.1, 0.15) is 22.8 Å². The molecule has 1 aliphatic heterocycles. The molecule has 0 saturated carbocycles. The lowest BCUT2D eigenvalue weighted by Gasteiger charge is -2.28. The van der Waals surface area contributed by atoms with Crippen LogP contribution in [0, 0.1) is 10.1 Å². The molecule has 0 radical (unpaired) electrons. The minimum Gasteiger partial charge on any atom is -0.323 e. The van der Waals surface area contributed by atoms with Crippen LogP contribution in [0.15, 0.2) is 115 Å². The summed E-state index contributed by atoms with van der Waals surface area (Å²) >= 11 is 0. The van der Waals surface area contributed by atoms with Crippen molar-refractivity contribution >= 4 is 61.0 Å². The highest BCUT2D eigenvalue weighted by Gasteiger charge is 2.37. The first kappa shape index (κ1) is 28.6. The molecule has 0 saturated heterocycles. The lowest BCUT2D eigenvalue weighted by Crippen LogP contribution is -2.32. The average molecular weight is 607 g/mol. The van der Waals surface area contributed by atoms with Gasteiger partial charge in [0.2, 0.25) is 21.8 Å². The smallest absolute Gasteiger partial charge is 0.274 e. The van der Waals surface area contributed by atoms with Crippen LogP contribution in [0.25, 0.3) is 10.8 Å². The average Bonchev–Trinajstić information content (AvgIpc) is 3.15. The van der Waals surface area contributed by atoms with Crippen molar-refractivity contribution < 1.29 is 22.9 Å². The first-order valence-electron chi connectivity index (χ1n) is 13.7. The molecule has 10 nitrogen and oxygen atoms in total. The van der Waals surface area contributed by atoms with Gasteiger partial charge >= 0.3 is 0 Å². The number of sulfonamides is 1. The quantitative estimate of drug-likeness (QED) is 0.131. The first-order valence-corrected chi connectivity index (χ1v) is 15.2. The summed E-state index contributed by atoms with van der Waals surface area (Å²) in [6.45, 7) is 0. The van der Waals surface area contributed by atoms with Gasteiger partial charge in [-0.2, -0.15) is 0 Å². The van der Waals surface area contributed by atoms with Crippen molar-refractivity contribution in [2.45, 2.75) is 11.7 Å². The number of nitro benzene ring substituents is 1. The monoisotopic (exact) mass is 606 g/mol. The molecule has 11 heteroatoms. The molecule has 1 N–H and O–H groups in total. The topological polar surface area (TPSA) is 130 Å². The third-order valence-corrected chi connectivity index (χ3v) is 9.74. The zero-order valence-electron chi connectivity index (χ0n) is 23.5. The lowest BCUT2D eigenvalue weighted by atomic mass is 10.0. The molecular formula is C33H26N4O6S. The van der Waals surface area contributed by atoms with Gasteiger partial charge in [0.1, 0.15) is 11.7 Å². The number of benzene rings is 5. The van der Waals surface area contributed by atoms with Gasteiger partial charge in [-0.1, -0.05) is 78.9 Å². The normalized spacial score (nSPS) is 14.0. The van der Waals surface area contributed by atoms with E-state index in [2.05, 4.69) is 5.32 Å². The van der Waals surface area contributed by atoms with Gasteiger partial charge in [0.05, 0.1) is 27.5 Å². The van der Waals surface area contributed by atoms with Gasteiger partial charge in [-0.25, -0.2) is 8.42 Å². The van der Waals surface area contributed by atoms with Crippen LogP contribution in [-0.4, -0.2) is 32.2 Å². The van der Waals surface area contributed by atoms with Gasteiger partial charge in [0, 0.05) is 24.2 Å². The van der Waals surface area contributed by atoms with Crippen molar-refractivity contribution in [3.8, 4) is 0 Å². The number of nitrogens with one attached hydrogen (secondary N) is 1. The predicted molar refractivity (Wildman–Crippen MR) is 169 cm³/mol.